The Hall–Kier alpha value is -0.640. The standard InChI is InChI=1S/C9H19N3O2S/c1-4-12(8-9(2,3)7-11)15(13,14)6-5-10/h4,6-8,11H2,1-3H3. The molecule has 0 aliphatic heterocycles. The fourth-order valence-electron chi connectivity index (χ4n) is 1.12. The summed E-state index contributed by atoms with van der Waals surface area (Å²) in [5.41, 5.74) is 5.27. The van der Waals surface area contributed by atoms with Crippen molar-refractivity contribution in [1.82, 2.24) is 4.31 Å². The summed E-state index contributed by atoms with van der Waals surface area (Å²) in [7, 11) is -3.45. The van der Waals surface area contributed by atoms with Crippen molar-refractivity contribution in [3.63, 3.8) is 0 Å². The predicted octanol–water partition coefficient (Wildman–Crippen LogP) is 0.147. The molecule has 0 heterocycles. The van der Waals surface area contributed by atoms with Crippen molar-refractivity contribution in [2.75, 3.05) is 25.4 Å². The van der Waals surface area contributed by atoms with E-state index in [9.17, 15) is 8.42 Å². The van der Waals surface area contributed by atoms with Crippen molar-refractivity contribution >= 4 is 10.0 Å². The first-order valence-corrected chi connectivity index (χ1v) is 6.45. The fourth-order valence-corrected chi connectivity index (χ4v) is 2.41. The molecule has 0 saturated carbocycles. The van der Waals surface area contributed by atoms with E-state index in [-0.39, 0.29) is 5.41 Å². The molecule has 0 aliphatic rings. The summed E-state index contributed by atoms with van der Waals surface area (Å²) >= 11 is 0. The zero-order valence-corrected chi connectivity index (χ0v) is 10.3. The Labute approximate surface area is 91.9 Å². The van der Waals surface area contributed by atoms with Crippen LogP contribution in [0.5, 0.6) is 0 Å². The van der Waals surface area contributed by atoms with E-state index >= 15 is 0 Å². The molecule has 2 N–H and O–H groups in total. The highest BCUT2D eigenvalue weighted by Gasteiger charge is 2.27. The van der Waals surface area contributed by atoms with Crippen molar-refractivity contribution in [2.24, 2.45) is 11.1 Å². The van der Waals surface area contributed by atoms with Crippen molar-refractivity contribution in [1.29, 1.82) is 5.26 Å². The van der Waals surface area contributed by atoms with Gasteiger partial charge in [-0.1, -0.05) is 20.8 Å². The molecule has 88 valence electrons. The Balaban J connectivity index is 4.74. The molecule has 0 aliphatic carbocycles. The number of nitriles is 1. The third-order valence-electron chi connectivity index (χ3n) is 2.15. The average molecular weight is 233 g/mol. The minimum Gasteiger partial charge on any atom is -0.330 e. The Kier molecular flexibility index (Phi) is 5.21. The summed E-state index contributed by atoms with van der Waals surface area (Å²) in [4.78, 5) is 0. The van der Waals surface area contributed by atoms with E-state index < -0.39 is 15.8 Å². The van der Waals surface area contributed by atoms with Gasteiger partial charge in [0.25, 0.3) is 0 Å². The maximum Gasteiger partial charge on any atom is 0.227 e. The number of hydrogen-bond donors (Lipinski definition) is 1. The van der Waals surface area contributed by atoms with Crippen LogP contribution in [0.2, 0.25) is 0 Å². The Morgan fingerprint density at radius 3 is 2.33 bits per heavy atom. The first kappa shape index (κ1) is 14.4. The molecule has 0 aromatic heterocycles. The van der Waals surface area contributed by atoms with Crippen LogP contribution >= 0.6 is 0 Å². The van der Waals surface area contributed by atoms with Crippen LogP contribution < -0.4 is 5.73 Å². The molecule has 5 nitrogen and oxygen atoms in total. The van der Waals surface area contributed by atoms with Gasteiger partial charge in [0.15, 0.2) is 5.75 Å². The highest BCUT2D eigenvalue weighted by atomic mass is 32.2. The normalized spacial score (nSPS) is 12.8. The summed E-state index contributed by atoms with van der Waals surface area (Å²) in [5, 5.41) is 8.42. The minimum absolute atomic E-state index is 0.265. The maximum atomic E-state index is 11.6. The number of nitrogens with zero attached hydrogens (tertiary/aromatic N) is 2. The lowest BCUT2D eigenvalue weighted by molar-refractivity contribution is 0.273. The van der Waals surface area contributed by atoms with E-state index in [1.807, 2.05) is 13.8 Å². The summed E-state index contributed by atoms with van der Waals surface area (Å²) in [5.74, 6) is -0.471. The van der Waals surface area contributed by atoms with Crippen molar-refractivity contribution in [3.8, 4) is 6.07 Å². The molecule has 0 spiro atoms. The van der Waals surface area contributed by atoms with Gasteiger partial charge in [-0.05, 0) is 12.0 Å². The van der Waals surface area contributed by atoms with Gasteiger partial charge in [0, 0.05) is 13.1 Å². The van der Waals surface area contributed by atoms with Gasteiger partial charge in [-0.2, -0.15) is 5.26 Å². The second-order valence-electron chi connectivity index (χ2n) is 4.21. The molecule has 0 amide bonds. The Morgan fingerprint density at radius 1 is 1.47 bits per heavy atom. The molecule has 0 saturated heterocycles. The van der Waals surface area contributed by atoms with Crippen LogP contribution in [0.25, 0.3) is 0 Å². The van der Waals surface area contributed by atoms with Crippen LogP contribution in [-0.2, 0) is 10.0 Å². The third-order valence-corrected chi connectivity index (χ3v) is 3.82. The van der Waals surface area contributed by atoms with Crippen LogP contribution in [0, 0.1) is 16.7 Å². The smallest absolute Gasteiger partial charge is 0.227 e. The van der Waals surface area contributed by atoms with E-state index in [1.54, 1.807) is 13.0 Å². The molecule has 0 rings (SSSR count). The highest BCUT2D eigenvalue weighted by Crippen LogP contribution is 2.17. The van der Waals surface area contributed by atoms with E-state index in [0.717, 1.165) is 0 Å². The van der Waals surface area contributed by atoms with E-state index in [2.05, 4.69) is 0 Å². The van der Waals surface area contributed by atoms with E-state index in [1.165, 1.54) is 4.31 Å². The molecule has 0 unspecified atom stereocenters. The van der Waals surface area contributed by atoms with Crippen LogP contribution in [-0.4, -0.2) is 38.1 Å². The molecule has 0 radical (unpaired) electrons. The minimum atomic E-state index is -3.45. The molecule has 0 atom stereocenters. The van der Waals surface area contributed by atoms with Gasteiger partial charge >= 0.3 is 0 Å². The van der Waals surface area contributed by atoms with Gasteiger partial charge in [0.2, 0.25) is 10.0 Å². The van der Waals surface area contributed by atoms with Crippen molar-refractivity contribution in [3.05, 3.63) is 0 Å². The average Bonchev–Trinajstić information content (AvgIpc) is 2.14. The second-order valence-corrected chi connectivity index (χ2v) is 6.18. The largest absolute Gasteiger partial charge is 0.330 e. The summed E-state index contributed by atoms with van der Waals surface area (Å²) in [6.07, 6.45) is 0. The summed E-state index contributed by atoms with van der Waals surface area (Å²) < 4.78 is 24.5. The molecule has 0 aromatic rings. The molecular weight excluding hydrogens is 214 g/mol. The van der Waals surface area contributed by atoms with Gasteiger partial charge in [-0.3, -0.25) is 0 Å². The molecule has 15 heavy (non-hydrogen) atoms. The Morgan fingerprint density at radius 2 is 2.00 bits per heavy atom. The quantitative estimate of drug-likeness (QED) is 0.707. The maximum absolute atomic E-state index is 11.6. The van der Waals surface area contributed by atoms with Crippen LogP contribution in [0.1, 0.15) is 20.8 Å². The molecule has 0 bridgehead atoms. The highest BCUT2D eigenvalue weighted by molar-refractivity contribution is 7.89. The van der Waals surface area contributed by atoms with Gasteiger partial charge < -0.3 is 5.73 Å². The molecule has 6 heteroatoms. The van der Waals surface area contributed by atoms with Gasteiger partial charge in [0.05, 0.1) is 6.07 Å². The van der Waals surface area contributed by atoms with Crippen LogP contribution in [0.3, 0.4) is 0 Å². The van der Waals surface area contributed by atoms with Gasteiger partial charge in [-0.25, -0.2) is 12.7 Å². The summed E-state index contributed by atoms with van der Waals surface area (Å²) in [6, 6.07) is 1.67. The predicted molar refractivity (Wildman–Crippen MR) is 59.5 cm³/mol. The zero-order valence-electron chi connectivity index (χ0n) is 9.52. The third kappa shape index (κ3) is 4.60. The first-order valence-electron chi connectivity index (χ1n) is 4.84. The first-order chi connectivity index (χ1) is 6.79. The molecular formula is C9H19N3O2S. The number of sulfonamides is 1. The van der Waals surface area contributed by atoms with Crippen molar-refractivity contribution < 1.29 is 8.42 Å². The van der Waals surface area contributed by atoms with Gasteiger partial charge in [-0.15, -0.1) is 0 Å². The SMILES string of the molecule is CCN(CC(C)(C)CN)S(=O)(=O)CC#N. The van der Waals surface area contributed by atoms with Crippen molar-refractivity contribution in [2.45, 2.75) is 20.8 Å². The lowest BCUT2D eigenvalue weighted by atomic mass is 9.94. The monoisotopic (exact) mass is 233 g/mol. The van der Waals surface area contributed by atoms with Gasteiger partial charge in [0.1, 0.15) is 0 Å². The Bertz CT molecular complexity index is 330. The molecule has 0 fully saturated rings. The van der Waals surface area contributed by atoms with Crippen LogP contribution in [0.15, 0.2) is 0 Å². The number of rotatable bonds is 6. The second kappa shape index (κ2) is 5.45. The van der Waals surface area contributed by atoms with E-state index in [0.29, 0.717) is 19.6 Å². The lowest BCUT2D eigenvalue weighted by Gasteiger charge is -2.29. The molecule has 0 aromatic carbocycles. The number of hydrogen-bond acceptors (Lipinski definition) is 4. The number of nitrogens with two attached hydrogens (primary N) is 1. The zero-order chi connectivity index (χ0) is 12.1. The lowest BCUT2D eigenvalue weighted by Crippen LogP contribution is -2.42. The van der Waals surface area contributed by atoms with Crippen LogP contribution in [0.4, 0.5) is 0 Å². The van der Waals surface area contributed by atoms with E-state index in [4.69, 9.17) is 11.0 Å². The summed E-state index contributed by atoms with van der Waals surface area (Å²) in [6.45, 7) is 6.68. The topological polar surface area (TPSA) is 87.2 Å². The fraction of sp³-hybridized carbons (Fsp3) is 0.889.